The minimum absolute atomic E-state index is 0.0202. The average molecular weight is 324 g/mol. The Hall–Kier alpha value is -2.90. The van der Waals surface area contributed by atoms with E-state index in [1.54, 1.807) is 12.1 Å². The summed E-state index contributed by atoms with van der Waals surface area (Å²) < 4.78 is 45.6. The van der Waals surface area contributed by atoms with Gasteiger partial charge in [0, 0.05) is 11.6 Å². The maximum absolute atomic E-state index is 12.2. The first-order valence-corrected chi connectivity index (χ1v) is 6.48. The highest BCUT2D eigenvalue weighted by molar-refractivity contribution is 5.81. The first kappa shape index (κ1) is 15.0. The Kier molecular flexibility index (Phi) is 3.51. The lowest BCUT2D eigenvalue weighted by Gasteiger charge is -2.07. The molecule has 0 bridgehead atoms. The van der Waals surface area contributed by atoms with Gasteiger partial charge in [-0.2, -0.15) is 0 Å². The van der Waals surface area contributed by atoms with Crippen LogP contribution in [0.5, 0.6) is 17.2 Å². The number of H-pyrrole nitrogens is 1. The second kappa shape index (κ2) is 5.38. The smallest absolute Gasteiger partial charge is 0.504 e. The maximum Gasteiger partial charge on any atom is 0.573 e. The maximum atomic E-state index is 12.2. The number of phenolic OH excluding ortho intramolecular Hbond substituents is 1. The minimum atomic E-state index is -4.75. The molecule has 0 aliphatic carbocycles. The van der Waals surface area contributed by atoms with Crippen LogP contribution in [0.4, 0.5) is 13.2 Å². The van der Waals surface area contributed by atoms with Gasteiger partial charge in [0.25, 0.3) is 0 Å². The van der Waals surface area contributed by atoms with Crippen LogP contribution in [-0.4, -0.2) is 28.5 Å². The number of fused-ring (bicyclic) bond motifs is 1. The Balaban J connectivity index is 2.00. The number of aromatic amines is 1. The standard InChI is InChI=1S/C15H11F3N2O3/c1-22-13-6-8(2-5-12(13)21)14-19-10-4-3-9(7-11(10)20-14)23-15(16,17)18/h2-7,21H,1H3,(H,19,20). The molecule has 1 aromatic heterocycles. The van der Waals surface area contributed by atoms with Gasteiger partial charge in [-0.15, -0.1) is 13.2 Å². The second-order valence-corrected chi connectivity index (χ2v) is 4.70. The van der Waals surface area contributed by atoms with Crippen molar-refractivity contribution >= 4 is 11.0 Å². The number of phenols is 1. The molecule has 0 atom stereocenters. The van der Waals surface area contributed by atoms with Gasteiger partial charge in [-0.25, -0.2) is 4.98 Å². The van der Waals surface area contributed by atoms with Gasteiger partial charge in [0.15, 0.2) is 11.5 Å². The number of hydrogen-bond acceptors (Lipinski definition) is 4. The molecule has 0 saturated carbocycles. The monoisotopic (exact) mass is 324 g/mol. The molecule has 0 unspecified atom stereocenters. The summed E-state index contributed by atoms with van der Waals surface area (Å²) in [5.74, 6) is 0.350. The molecule has 120 valence electrons. The number of aromatic nitrogens is 2. The van der Waals surface area contributed by atoms with Crippen LogP contribution in [0.3, 0.4) is 0 Å². The predicted octanol–water partition coefficient (Wildman–Crippen LogP) is 3.84. The van der Waals surface area contributed by atoms with E-state index in [-0.39, 0.29) is 17.2 Å². The number of hydrogen-bond donors (Lipinski definition) is 2. The largest absolute Gasteiger partial charge is 0.573 e. The predicted molar refractivity (Wildman–Crippen MR) is 76.4 cm³/mol. The van der Waals surface area contributed by atoms with Crippen molar-refractivity contribution in [3.05, 3.63) is 36.4 Å². The molecule has 0 radical (unpaired) electrons. The van der Waals surface area contributed by atoms with Crippen LogP contribution in [0.1, 0.15) is 0 Å². The van der Waals surface area contributed by atoms with E-state index in [2.05, 4.69) is 14.7 Å². The van der Waals surface area contributed by atoms with E-state index in [0.29, 0.717) is 22.4 Å². The van der Waals surface area contributed by atoms with E-state index in [0.717, 1.165) is 0 Å². The summed E-state index contributed by atoms with van der Waals surface area (Å²) >= 11 is 0. The van der Waals surface area contributed by atoms with E-state index in [9.17, 15) is 18.3 Å². The number of nitrogens with one attached hydrogen (secondary N) is 1. The summed E-state index contributed by atoms with van der Waals surface area (Å²) in [6.45, 7) is 0. The quantitative estimate of drug-likeness (QED) is 0.768. The van der Waals surface area contributed by atoms with Crippen LogP contribution >= 0.6 is 0 Å². The fourth-order valence-electron chi connectivity index (χ4n) is 2.15. The molecule has 23 heavy (non-hydrogen) atoms. The van der Waals surface area contributed by atoms with Gasteiger partial charge in [0.1, 0.15) is 11.6 Å². The van der Waals surface area contributed by atoms with Gasteiger partial charge < -0.3 is 19.6 Å². The number of ether oxygens (including phenoxy) is 2. The van der Waals surface area contributed by atoms with E-state index in [1.165, 1.54) is 31.4 Å². The Labute approximate surface area is 128 Å². The van der Waals surface area contributed by atoms with Gasteiger partial charge in [-0.1, -0.05) is 0 Å². The molecule has 1 heterocycles. The number of rotatable bonds is 3. The normalized spacial score (nSPS) is 11.7. The molecule has 0 saturated heterocycles. The highest BCUT2D eigenvalue weighted by atomic mass is 19.4. The van der Waals surface area contributed by atoms with Crippen molar-refractivity contribution in [3.8, 4) is 28.6 Å². The zero-order valence-electron chi connectivity index (χ0n) is 11.8. The van der Waals surface area contributed by atoms with Crippen LogP contribution in [0, 0.1) is 0 Å². The van der Waals surface area contributed by atoms with Crippen molar-refractivity contribution in [2.24, 2.45) is 0 Å². The van der Waals surface area contributed by atoms with Crippen LogP contribution in [0.15, 0.2) is 36.4 Å². The number of benzene rings is 2. The molecule has 3 aromatic rings. The SMILES string of the molecule is COc1cc(-c2nc3ccc(OC(F)(F)F)cc3[nH]2)ccc1O. The number of nitrogens with zero attached hydrogens (tertiary/aromatic N) is 1. The molecule has 2 N–H and O–H groups in total. The molecule has 5 nitrogen and oxygen atoms in total. The number of methoxy groups -OCH3 is 1. The highest BCUT2D eigenvalue weighted by Gasteiger charge is 2.31. The Morgan fingerprint density at radius 1 is 1.13 bits per heavy atom. The van der Waals surface area contributed by atoms with E-state index >= 15 is 0 Å². The summed E-state index contributed by atoms with van der Waals surface area (Å²) in [4.78, 5) is 7.21. The molecule has 0 amide bonds. The summed E-state index contributed by atoms with van der Waals surface area (Å²) in [5.41, 5.74) is 1.50. The Bertz CT molecular complexity index is 859. The van der Waals surface area contributed by atoms with E-state index in [1.807, 2.05) is 0 Å². The lowest BCUT2D eigenvalue weighted by Crippen LogP contribution is -2.16. The van der Waals surface area contributed by atoms with Gasteiger partial charge >= 0.3 is 6.36 Å². The zero-order valence-corrected chi connectivity index (χ0v) is 11.8. The van der Waals surface area contributed by atoms with Crippen LogP contribution in [0.2, 0.25) is 0 Å². The zero-order chi connectivity index (χ0) is 16.6. The second-order valence-electron chi connectivity index (χ2n) is 4.70. The molecule has 0 aliphatic heterocycles. The number of alkyl halides is 3. The van der Waals surface area contributed by atoms with E-state index < -0.39 is 6.36 Å². The Morgan fingerprint density at radius 2 is 1.91 bits per heavy atom. The summed E-state index contributed by atoms with van der Waals surface area (Å²) in [5, 5.41) is 9.59. The molecule has 0 fully saturated rings. The van der Waals surface area contributed by atoms with Crippen LogP contribution in [-0.2, 0) is 0 Å². The summed E-state index contributed by atoms with van der Waals surface area (Å²) in [6, 6.07) is 8.46. The topological polar surface area (TPSA) is 67.4 Å². The van der Waals surface area contributed by atoms with Gasteiger partial charge in [0.05, 0.1) is 18.1 Å². The number of imidazole rings is 1. The van der Waals surface area contributed by atoms with Crippen LogP contribution < -0.4 is 9.47 Å². The minimum Gasteiger partial charge on any atom is -0.504 e. The van der Waals surface area contributed by atoms with Crippen molar-refractivity contribution in [2.75, 3.05) is 7.11 Å². The third-order valence-corrected chi connectivity index (χ3v) is 3.14. The Morgan fingerprint density at radius 3 is 2.61 bits per heavy atom. The third kappa shape index (κ3) is 3.15. The number of halogens is 3. The fraction of sp³-hybridized carbons (Fsp3) is 0.133. The highest BCUT2D eigenvalue weighted by Crippen LogP contribution is 2.32. The van der Waals surface area contributed by atoms with E-state index in [4.69, 9.17) is 4.74 Å². The van der Waals surface area contributed by atoms with Gasteiger partial charge in [0.2, 0.25) is 0 Å². The average Bonchev–Trinajstić information content (AvgIpc) is 2.89. The van der Waals surface area contributed by atoms with Crippen molar-refractivity contribution < 1.29 is 27.8 Å². The van der Waals surface area contributed by atoms with Crippen molar-refractivity contribution in [1.82, 2.24) is 9.97 Å². The summed E-state index contributed by atoms with van der Waals surface area (Å²) in [6.07, 6.45) is -4.75. The first-order valence-electron chi connectivity index (χ1n) is 6.48. The molecule has 2 aromatic carbocycles. The summed E-state index contributed by atoms with van der Waals surface area (Å²) in [7, 11) is 1.41. The lowest BCUT2D eigenvalue weighted by atomic mass is 10.2. The van der Waals surface area contributed by atoms with Crippen LogP contribution in [0.25, 0.3) is 22.4 Å². The molecular formula is C15H11F3N2O3. The first-order chi connectivity index (χ1) is 10.9. The van der Waals surface area contributed by atoms with Gasteiger partial charge in [-0.05, 0) is 30.3 Å². The molecule has 0 spiro atoms. The molecular weight excluding hydrogens is 313 g/mol. The number of aromatic hydroxyl groups is 1. The molecule has 0 aliphatic rings. The van der Waals surface area contributed by atoms with Crippen molar-refractivity contribution in [1.29, 1.82) is 0 Å². The van der Waals surface area contributed by atoms with Crippen molar-refractivity contribution in [3.63, 3.8) is 0 Å². The van der Waals surface area contributed by atoms with Crippen molar-refractivity contribution in [2.45, 2.75) is 6.36 Å². The molecule has 8 heteroatoms. The van der Waals surface area contributed by atoms with Gasteiger partial charge in [-0.3, -0.25) is 0 Å². The third-order valence-electron chi connectivity index (χ3n) is 3.14. The molecule has 3 rings (SSSR count). The fourth-order valence-corrected chi connectivity index (χ4v) is 2.15. The lowest BCUT2D eigenvalue weighted by molar-refractivity contribution is -0.274.